The minimum absolute atomic E-state index is 0.164. The number of anilines is 1. The van der Waals surface area contributed by atoms with E-state index < -0.39 is 0 Å². The van der Waals surface area contributed by atoms with E-state index in [2.05, 4.69) is 15.3 Å². The highest BCUT2D eigenvalue weighted by Crippen LogP contribution is 2.15. The maximum absolute atomic E-state index is 11.6. The predicted molar refractivity (Wildman–Crippen MR) is 75.3 cm³/mol. The Hall–Kier alpha value is -2.14. The largest absolute Gasteiger partial charge is 0.385 e. The Morgan fingerprint density at radius 2 is 2.11 bits per heavy atom. The lowest BCUT2D eigenvalue weighted by atomic mass is 10.1. The maximum atomic E-state index is 11.6. The Balaban J connectivity index is 2.14. The van der Waals surface area contributed by atoms with Crippen molar-refractivity contribution in [2.45, 2.75) is 6.42 Å². The number of aromatic amines is 1. The first kappa shape index (κ1) is 13.3. The van der Waals surface area contributed by atoms with E-state index >= 15 is 0 Å². The molecule has 1 aromatic heterocycles. The zero-order valence-corrected chi connectivity index (χ0v) is 10.8. The molecular weight excluding hydrogens is 242 g/mol. The highest BCUT2D eigenvalue weighted by Gasteiger charge is 2.03. The van der Waals surface area contributed by atoms with Gasteiger partial charge in [0.1, 0.15) is 0 Å². The molecule has 19 heavy (non-hydrogen) atoms. The van der Waals surface area contributed by atoms with Crippen LogP contribution in [0.5, 0.6) is 0 Å². The lowest BCUT2D eigenvalue weighted by molar-refractivity contribution is 0.197. The van der Waals surface area contributed by atoms with Crippen molar-refractivity contribution in [2.75, 3.05) is 25.6 Å². The number of ether oxygens (including phenoxy) is 1. The molecule has 0 radical (unpaired) electrons. The number of nitrogens with one attached hydrogen (secondary N) is 2. The number of nitrogens with zero attached hydrogens (tertiary/aromatic N) is 1. The second-order valence-electron chi connectivity index (χ2n) is 4.12. The van der Waals surface area contributed by atoms with Crippen molar-refractivity contribution in [3.8, 4) is 11.3 Å². The molecule has 5 nitrogen and oxygen atoms in total. The van der Waals surface area contributed by atoms with Crippen LogP contribution in [-0.4, -0.2) is 30.2 Å². The number of aromatic nitrogens is 2. The van der Waals surface area contributed by atoms with Crippen molar-refractivity contribution < 1.29 is 4.74 Å². The standard InChI is InChI=1S/C14H17N3O2/c1-19-9-5-8-15-14-16-12(10-13(18)17-14)11-6-3-2-4-7-11/h2-4,6-7,10H,5,8-9H2,1H3,(H2,15,16,17,18). The van der Waals surface area contributed by atoms with E-state index in [1.54, 1.807) is 7.11 Å². The van der Waals surface area contributed by atoms with E-state index in [1.165, 1.54) is 6.07 Å². The van der Waals surface area contributed by atoms with Gasteiger partial charge in [0.15, 0.2) is 0 Å². The average molecular weight is 259 g/mol. The molecular formula is C14H17N3O2. The van der Waals surface area contributed by atoms with Gasteiger partial charge in [-0.1, -0.05) is 30.3 Å². The average Bonchev–Trinajstić information content (AvgIpc) is 2.44. The van der Waals surface area contributed by atoms with Gasteiger partial charge in [-0.05, 0) is 6.42 Å². The molecule has 0 spiro atoms. The number of hydrogen-bond donors (Lipinski definition) is 2. The zero-order chi connectivity index (χ0) is 13.5. The Bertz CT molecular complexity index is 566. The summed E-state index contributed by atoms with van der Waals surface area (Å²) in [4.78, 5) is 18.7. The number of hydrogen-bond acceptors (Lipinski definition) is 4. The molecule has 0 aliphatic carbocycles. The summed E-state index contributed by atoms with van der Waals surface area (Å²) in [5.41, 5.74) is 1.43. The smallest absolute Gasteiger partial charge is 0.252 e. The van der Waals surface area contributed by atoms with Crippen LogP contribution in [0.3, 0.4) is 0 Å². The molecule has 0 saturated carbocycles. The third-order valence-corrected chi connectivity index (χ3v) is 2.63. The molecule has 5 heteroatoms. The summed E-state index contributed by atoms with van der Waals surface area (Å²) in [5, 5.41) is 3.08. The van der Waals surface area contributed by atoms with Gasteiger partial charge in [-0.2, -0.15) is 0 Å². The molecule has 0 aliphatic heterocycles. The molecule has 0 saturated heterocycles. The van der Waals surface area contributed by atoms with Crippen LogP contribution >= 0.6 is 0 Å². The van der Waals surface area contributed by atoms with Crippen LogP contribution in [0.1, 0.15) is 6.42 Å². The lowest BCUT2D eigenvalue weighted by Gasteiger charge is -2.06. The van der Waals surface area contributed by atoms with Crippen LogP contribution in [0.4, 0.5) is 5.95 Å². The first-order valence-electron chi connectivity index (χ1n) is 6.19. The number of methoxy groups -OCH3 is 1. The molecule has 0 atom stereocenters. The van der Waals surface area contributed by atoms with Crippen LogP contribution in [-0.2, 0) is 4.74 Å². The molecule has 2 rings (SSSR count). The molecule has 1 aromatic carbocycles. The lowest BCUT2D eigenvalue weighted by Crippen LogP contribution is -2.14. The summed E-state index contributed by atoms with van der Waals surface area (Å²) in [7, 11) is 1.66. The van der Waals surface area contributed by atoms with E-state index in [9.17, 15) is 4.79 Å². The van der Waals surface area contributed by atoms with Gasteiger partial charge in [-0.15, -0.1) is 0 Å². The third kappa shape index (κ3) is 3.93. The first-order valence-corrected chi connectivity index (χ1v) is 6.19. The zero-order valence-electron chi connectivity index (χ0n) is 10.8. The summed E-state index contributed by atoms with van der Waals surface area (Å²) in [6, 6.07) is 11.1. The van der Waals surface area contributed by atoms with Gasteiger partial charge in [-0.25, -0.2) is 4.98 Å². The Kier molecular flexibility index (Phi) is 4.69. The fourth-order valence-corrected chi connectivity index (χ4v) is 1.72. The van der Waals surface area contributed by atoms with Gasteiger partial charge in [0, 0.05) is 31.9 Å². The van der Waals surface area contributed by atoms with Gasteiger partial charge in [0.25, 0.3) is 5.56 Å². The van der Waals surface area contributed by atoms with Gasteiger partial charge >= 0.3 is 0 Å². The summed E-state index contributed by atoms with van der Waals surface area (Å²) in [5.74, 6) is 0.488. The Labute approximate surface area is 111 Å². The summed E-state index contributed by atoms with van der Waals surface area (Å²) in [6.07, 6.45) is 0.857. The van der Waals surface area contributed by atoms with E-state index in [-0.39, 0.29) is 5.56 Å². The normalized spacial score (nSPS) is 10.4. The quantitative estimate of drug-likeness (QED) is 0.777. The number of rotatable bonds is 6. The molecule has 0 fully saturated rings. The van der Waals surface area contributed by atoms with Gasteiger partial charge in [0.2, 0.25) is 5.95 Å². The molecule has 100 valence electrons. The fraction of sp³-hybridized carbons (Fsp3) is 0.286. The van der Waals surface area contributed by atoms with Gasteiger partial charge < -0.3 is 10.1 Å². The molecule has 0 amide bonds. The van der Waals surface area contributed by atoms with E-state index in [1.807, 2.05) is 30.3 Å². The second kappa shape index (κ2) is 6.70. The minimum atomic E-state index is -0.164. The van der Waals surface area contributed by atoms with Crippen molar-refractivity contribution >= 4 is 5.95 Å². The highest BCUT2D eigenvalue weighted by atomic mass is 16.5. The van der Waals surface area contributed by atoms with Gasteiger partial charge in [-0.3, -0.25) is 9.78 Å². The molecule has 2 aromatic rings. The minimum Gasteiger partial charge on any atom is -0.385 e. The fourth-order valence-electron chi connectivity index (χ4n) is 1.72. The molecule has 0 bridgehead atoms. The van der Waals surface area contributed by atoms with Crippen molar-refractivity contribution in [3.63, 3.8) is 0 Å². The first-order chi connectivity index (χ1) is 9.29. The van der Waals surface area contributed by atoms with E-state index in [4.69, 9.17) is 4.74 Å². The SMILES string of the molecule is COCCCNc1nc(-c2ccccc2)cc(=O)[nH]1. The topological polar surface area (TPSA) is 67.0 Å². The number of benzene rings is 1. The summed E-state index contributed by atoms with van der Waals surface area (Å²) in [6.45, 7) is 1.38. The van der Waals surface area contributed by atoms with Crippen LogP contribution in [0.25, 0.3) is 11.3 Å². The summed E-state index contributed by atoms with van der Waals surface area (Å²) >= 11 is 0. The number of H-pyrrole nitrogens is 1. The van der Waals surface area contributed by atoms with Crippen LogP contribution in [0, 0.1) is 0 Å². The third-order valence-electron chi connectivity index (χ3n) is 2.63. The monoisotopic (exact) mass is 259 g/mol. The maximum Gasteiger partial charge on any atom is 0.252 e. The van der Waals surface area contributed by atoms with E-state index in [0.29, 0.717) is 24.8 Å². The molecule has 0 aliphatic rings. The van der Waals surface area contributed by atoms with Crippen LogP contribution < -0.4 is 10.9 Å². The molecule has 1 heterocycles. The van der Waals surface area contributed by atoms with Crippen molar-refractivity contribution in [2.24, 2.45) is 0 Å². The van der Waals surface area contributed by atoms with Crippen LogP contribution in [0.15, 0.2) is 41.2 Å². The van der Waals surface area contributed by atoms with Crippen LogP contribution in [0.2, 0.25) is 0 Å². The molecule has 0 unspecified atom stereocenters. The predicted octanol–water partition coefficient (Wildman–Crippen LogP) is 1.89. The van der Waals surface area contributed by atoms with Gasteiger partial charge in [0.05, 0.1) is 5.69 Å². The Morgan fingerprint density at radius 3 is 2.84 bits per heavy atom. The van der Waals surface area contributed by atoms with Crippen molar-refractivity contribution in [1.29, 1.82) is 0 Å². The second-order valence-corrected chi connectivity index (χ2v) is 4.12. The molecule has 2 N–H and O–H groups in total. The van der Waals surface area contributed by atoms with E-state index in [0.717, 1.165) is 12.0 Å². The van der Waals surface area contributed by atoms with Crippen molar-refractivity contribution in [3.05, 3.63) is 46.8 Å². The van der Waals surface area contributed by atoms with Crippen molar-refractivity contribution in [1.82, 2.24) is 9.97 Å². The highest BCUT2D eigenvalue weighted by molar-refractivity contribution is 5.59. The summed E-state index contributed by atoms with van der Waals surface area (Å²) < 4.78 is 4.96. The Morgan fingerprint density at radius 1 is 1.32 bits per heavy atom.